The van der Waals surface area contributed by atoms with Crippen molar-refractivity contribution in [3.05, 3.63) is 12.2 Å². The van der Waals surface area contributed by atoms with Gasteiger partial charge in [-0.25, -0.2) is 4.79 Å². The van der Waals surface area contributed by atoms with Gasteiger partial charge in [-0.2, -0.15) is 0 Å². The molecule has 13 atom stereocenters. The monoisotopic (exact) mass is 313 g/mol. The van der Waals surface area contributed by atoms with Gasteiger partial charge in [-0.3, -0.25) is 0 Å². The van der Waals surface area contributed by atoms with Gasteiger partial charge in [0, 0.05) is 5.92 Å². The van der Waals surface area contributed by atoms with Crippen molar-refractivity contribution in [1.29, 1.82) is 0 Å². The Bertz CT molecular complexity index is 676. The van der Waals surface area contributed by atoms with Crippen LogP contribution in [0.15, 0.2) is 12.2 Å². The Morgan fingerprint density at radius 3 is 2.26 bits per heavy atom. The first-order valence-corrected chi connectivity index (χ1v) is 9.47. The number of nitrogens with two attached hydrogens (primary N) is 1. The van der Waals surface area contributed by atoms with Gasteiger partial charge in [-0.1, -0.05) is 12.2 Å². The minimum Gasteiger partial charge on any atom is -0.479 e. The number of allylic oxidation sites excluding steroid dienone is 2. The zero-order valence-electron chi connectivity index (χ0n) is 13.0. The molecule has 23 heavy (non-hydrogen) atoms. The molecule has 0 radical (unpaired) electrons. The number of carboxylic acids is 1. The first-order chi connectivity index (χ1) is 11.1. The van der Waals surface area contributed by atoms with Crippen LogP contribution >= 0.6 is 0 Å². The smallest absolute Gasteiger partial charge is 0.337 e. The van der Waals surface area contributed by atoms with Gasteiger partial charge in [-0.05, 0) is 78.4 Å². The molecular formula is C19H23NO3. The van der Waals surface area contributed by atoms with Gasteiger partial charge in [0.05, 0.1) is 0 Å². The van der Waals surface area contributed by atoms with E-state index in [1.54, 1.807) is 0 Å². The molecule has 0 aromatic heterocycles. The lowest BCUT2D eigenvalue weighted by atomic mass is 9.43. The van der Waals surface area contributed by atoms with E-state index in [0.29, 0.717) is 11.8 Å². The van der Waals surface area contributed by atoms with Crippen molar-refractivity contribution < 1.29 is 14.6 Å². The van der Waals surface area contributed by atoms with Crippen molar-refractivity contribution >= 4 is 5.97 Å². The Kier molecular flexibility index (Phi) is 1.85. The van der Waals surface area contributed by atoms with E-state index in [4.69, 9.17) is 10.5 Å². The molecule has 0 aromatic carbocycles. The number of carboxylic acid groups (broad SMARTS) is 1. The summed E-state index contributed by atoms with van der Waals surface area (Å²) in [5, 5.41) is 9.25. The molecule has 7 rings (SSSR count). The Hall–Kier alpha value is -0.870. The van der Waals surface area contributed by atoms with Gasteiger partial charge in [0.1, 0.15) is 0 Å². The molecule has 7 aliphatic rings. The summed E-state index contributed by atoms with van der Waals surface area (Å²) in [6.07, 6.45) is 8.09. The summed E-state index contributed by atoms with van der Waals surface area (Å²) >= 11 is 0. The predicted molar refractivity (Wildman–Crippen MR) is 80.8 cm³/mol. The van der Waals surface area contributed by atoms with Crippen LogP contribution < -0.4 is 5.73 Å². The number of carbonyl (C=O) groups is 1. The molecule has 4 heteroatoms. The maximum absolute atomic E-state index is 11.3. The zero-order valence-corrected chi connectivity index (χ0v) is 13.0. The SMILES string of the molecule is NC1(C2CC3CC2C2C3C3C4CC(C5C=CC54)C32)OC1C(=O)O. The summed E-state index contributed by atoms with van der Waals surface area (Å²) in [6.45, 7) is 0. The summed E-state index contributed by atoms with van der Waals surface area (Å²) in [4.78, 5) is 11.3. The van der Waals surface area contributed by atoms with Crippen LogP contribution in [0.4, 0.5) is 0 Å². The Morgan fingerprint density at radius 1 is 1.00 bits per heavy atom. The minimum atomic E-state index is -0.874. The molecular weight excluding hydrogens is 290 g/mol. The summed E-state index contributed by atoms with van der Waals surface area (Å²) in [7, 11) is 0. The highest BCUT2D eigenvalue weighted by atomic mass is 16.6. The number of epoxide rings is 1. The van der Waals surface area contributed by atoms with Crippen molar-refractivity contribution in [2.45, 2.75) is 31.1 Å². The van der Waals surface area contributed by atoms with Crippen LogP contribution in [0.3, 0.4) is 0 Å². The van der Waals surface area contributed by atoms with Gasteiger partial charge in [0.2, 0.25) is 0 Å². The molecule has 1 saturated heterocycles. The van der Waals surface area contributed by atoms with E-state index < -0.39 is 17.8 Å². The molecule has 122 valence electrons. The minimum absolute atomic E-state index is 0.294. The molecule has 4 bridgehead atoms. The average molecular weight is 313 g/mol. The molecule has 0 aromatic rings. The standard InChI is InChI=1S/C19H23NO3/c20-19(17(23-19)18(21)22)12-4-6-3-11(12)16-13(6)14-9-5-10(15(14)16)8-2-1-7(8)9/h1-2,6-17H,3-5,20H2,(H,21,22). The highest BCUT2D eigenvalue weighted by molar-refractivity contribution is 5.77. The van der Waals surface area contributed by atoms with Crippen LogP contribution in [0.1, 0.15) is 19.3 Å². The Balaban J connectivity index is 1.21. The van der Waals surface area contributed by atoms with E-state index in [0.717, 1.165) is 59.7 Å². The quantitative estimate of drug-likeness (QED) is 0.462. The molecule has 0 spiro atoms. The van der Waals surface area contributed by atoms with Crippen LogP contribution in [0, 0.1) is 65.1 Å². The lowest BCUT2D eigenvalue weighted by Gasteiger charge is -2.61. The van der Waals surface area contributed by atoms with Crippen molar-refractivity contribution in [1.82, 2.24) is 0 Å². The average Bonchev–Trinajstić information content (AvgIpc) is 2.71. The second-order valence-corrected chi connectivity index (χ2v) is 9.60. The Labute approximate surface area is 135 Å². The number of rotatable bonds is 2. The summed E-state index contributed by atoms with van der Waals surface area (Å²) < 4.78 is 5.50. The zero-order chi connectivity index (χ0) is 15.2. The second kappa shape index (κ2) is 3.41. The van der Waals surface area contributed by atoms with E-state index in [1.807, 2.05) is 0 Å². The number of hydrogen-bond donors (Lipinski definition) is 2. The van der Waals surface area contributed by atoms with Crippen LogP contribution in [0.5, 0.6) is 0 Å². The third-order valence-electron chi connectivity index (χ3n) is 9.47. The van der Waals surface area contributed by atoms with Crippen LogP contribution in [0.25, 0.3) is 0 Å². The van der Waals surface area contributed by atoms with E-state index in [2.05, 4.69) is 12.2 Å². The normalized spacial score (nSPS) is 71.3. The highest BCUT2D eigenvalue weighted by Gasteiger charge is 2.78. The van der Waals surface area contributed by atoms with Crippen LogP contribution in [-0.2, 0) is 9.53 Å². The van der Waals surface area contributed by atoms with Crippen molar-refractivity contribution in [2.24, 2.45) is 70.8 Å². The Morgan fingerprint density at radius 2 is 1.65 bits per heavy atom. The molecule has 13 unspecified atom stereocenters. The van der Waals surface area contributed by atoms with E-state index in [-0.39, 0.29) is 0 Å². The fourth-order valence-electron chi connectivity index (χ4n) is 8.97. The molecule has 6 fully saturated rings. The van der Waals surface area contributed by atoms with E-state index in [1.165, 1.54) is 12.8 Å². The maximum atomic E-state index is 11.3. The fourth-order valence-corrected chi connectivity index (χ4v) is 8.97. The van der Waals surface area contributed by atoms with Gasteiger partial charge in [0.25, 0.3) is 0 Å². The molecule has 1 aliphatic heterocycles. The predicted octanol–water partition coefficient (Wildman–Crippen LogP) is 1.71. The molecule has 4 nitrogen and oxygen atoms in total. The summed E-state index contributed by atoms with van der Waals surface area (Å²) in [6, 6.07) is 0. The topological polar surface area (TPSA) is 75.8 Å². The molecule has 6 aliphatic carbocycles. The summed E-state index contributed by atoms with van der Waals surface area (Å²) in [5.74, 6) is 8.29. The first kappa shape index (κ1) is 12.5. The van der Waals surface area contributed by atoms with E-state index >= 15 is 0 Å². The number of ether oxygens (including phenoxy) is 1. The first-order valence-electron chi connectivity index (χ1n) is 9.47. The van der Waals surface area contributed by atoms with Crippen molar-refractivity contribution in [3.8, 4) is 0 Å². The van der Waals surface area contributed by atoms with Gasteiger partial charge < -0.3 is 15.6 Å². The number of fused-ring (bicyclic) bond motifs is 15. The van der Waals surface area contributed by atoms with Gasteiger partial charge in [0.15, 0.2) is 11.8 Å². The highest BCUT2D eigenvalue weighted by Crippen LogP contribution is 2.80. The van der Waals surface area contributed by atoms with E-state index in [9.17, 15) is 9.90 Å². The van der Waals surface area contributed by atoms with Crippen LogP contribution in [-0.4, -0.2) is 22.9 Å². The lowest BCUT2D eigenvalue weighted by Crippen LogP contribution is -2.59. The van der Waals surface area contributed by atoms with Crippen LogP contribution in [0.2, 0.25) is 0 Å². The molecule has 0 amide bonds. The molecule has 5 saturated carbocycles. The van der Waals surface area contributed by atoms with Crippen molar-refractivity contribution in [3.63, 3.8) is 0 Å². The molecule has 3 N–H and O–H groups in total. The fraction of sp³-hybridized carbons (Fsp3) is 0.842. The maximum Gasteiger partial charge on any atom is 0.337 e. The third kappa shape index (κ3) is 1.12. The summed E-state index contributed by atoms with van der Waals surface area (Å²) in [5.41, 5.74) is 5.53. The van der Waals surface area contributed by atoms with Crippen molar-refractivity contribution in [2.75, 3.05) is 0 Å². The lowest BCUT2D eigenvalue weighted by molar-refractivity contribution is -0.139. The second-order valence-electron chi connectivity index (χ2n) is 9.60. The largest absolute Gasteiger partial charge is 0.479 e. The van der Waals surface area contributed by atoms with Gasteiger partial charge >= 0.3 is 5.97 Å². The number of aliphatic carboxylic acids is 1. The molecule has 1 heterocycles. The van der Waals surface area contributed by atoms with Gasteiger partial charge in [-0.15, -0.1) is 0 Å². The number of hydrogen-bond acceptors (Lipinski definition) is 3. The third-order valence-corrected chi connectivity index (χ3v) is 9.47.